The average molecular weight is 284 g/mol. The molecule has 0 saturated heterocycles. The molecule has 0 amide bonds. The molecule has 0 saturated carbocycles. The number of nitro benzene ring substituents is 1. The van der Waals surface area contributed by atoms with Crippen molar-refractivity contribution in [1.29, 1.82) is 5.39 Å². The first-order valence-electron chi connectivity index (χ1n) is 5.83. The molecule has 0 unspecified atom stereocenters. The maximum Gasteiger partial charge on any atom is 0.426 e. The van der Waals surface area contributed by atoms with Crippen LogP contribution in [0.2, 0.25) is 0 Å². The normalized spacial score (nSPS) is 10.3. The van der Waals surface area contributed by atoms with Crippen LogP contribution in [0.15, 0.2) is 52.7 Å². The molecule has 2 aromatic rings. The zero-order valence-corrected chi connectivity index (χ0v) is 11.0. The standard InChI is InChI=1S/C13H10N5O3/c1-21-13-8-10(4-7-12(13)15-14)17-16-9-2-5-11(6-3-9)18(19)20/h2-8H,1H3/q+1. The molecule has 0 aromatic heterocycles. The predicted molar refractivity (Wildman–Crippen MR) is 75.0 cm³/mol. The lowest BCUT2D eigenvalue weighted by Gasteiger charge is -1.97. The van der Waals surface area contributed by atoms with Crippen LogP contribution in [-0.2, 0) is 0 Å². The van der Waals surface area contributed by atoms with Gasteiger partial charge in [0.15, 0.2) is 4.98 Å². The molecule has 0 N–H and O–H groups in total. The fourth-order valence-electron chi connectivity index (χ4n) is 1.57. The maximum atomic E-state index is 10.5. The third-order valence-corrected chi connectivity index (χ3v) is 2.61. The fourth-order valence-corrected chi connectivity index (χ4v) is 1.57. The van der Waals surface area contributed by atoms with Crippen LogP contribution in [-0.4, -0.2) is 12.0 Å². The van der Waals surface area contributed by atoms with Gasteiger partial charge in [-0.2, -0.15) is 10.2 Å². The summed E-state index contributed by atoms with van der Waals surface area (Å²) in [6, 6.07) is 10.4. The number of hydrogen-bond donors (Lipinski definition) is 0. The van der Waals surface area contributed by atoms with Gasteiger partial charge in [0.1, 0.15) is 0 Å². The molecular formula is C13H10N5O3+. The Morgan fingerprint density at radius 2 is 1.76 bits per heavy atom. The van der Waals surface area contributed by atoms with Crippen LogP contribution in [0.1, 0.15) is 0 Å². The minimum absolute atomic E-state index is 0.00969. The number of hydrogen-bond acceptors (Lipinski definition) is 6. The highest BCUT2D eigenvalue weighted by Gasteiger charge is 2.14. The predicted octanol–water partition coefficient (Wildman–Crippen LogP) is 4.50. The van der Waals surface area contributed by atoms with Crippen molar-refractivity contribution in [2.45, 2.75) is 0 Å². The molecule has 21 heavy (non-hydrogen) atoms. The van der Waals surface area contributed by atoms with Crippen molar-refractivity contribution in [3.05, 3.63) is 57.6 Å². The van der Waals surface area contributed by atoms with Gasteiger partial charge in [-0.1, -0.05) is 0 Å². The van der Waals surface area contributed by atoms with Gasteiger partial charge in [0.25, 0.3) is 5.69 Å². The van der Waals surface area contributed by atoms with Crippen molar-refractivity contribution >= 4 is 22.7 Å². The lowest BCUT2D eigenvalue weighted by Crippen LogP contribution is -1.85. The average Bonchev–Trinajstić information content (AvgIpc) is 2.52. The van der Waals surface area contributed by atoms with E-state index >= 15 is 0 Å². The molecule has 0 spiro atoms. The van der Waals surface area contributed by atoms with Gasteiger partial charge in [-0.15, -0.1) is 0 Å². The van der Waals surface area contributed by atoms with E-state index < -0.39 is 4.92 Å². The smallest absolute Gasteiger partial charge is 0.426 e. The Hall–Kier alpha value is -3.34. The lowest BCUT2D eigenvalue weighted by molar-refractivity contribution is -0.384. The quantitative estimate of drug-likeness (QED) is 0.356. The van der Waals surface area contributed by atoms with Crippen molar-refractivity contribution in [3.63, 3.8) is 0 Å². The van der Waals surface area contributed by atoms with Crippen molar-refractivity contribution in [3.8, 4) is 5.75 Å². The summed E-state index contributed by atoms with van der Waals surface area (Å²) in [5.74, 6) is 0.359. The van der Waals surface area contributed by atoms with Crippen molar-refractivity contribution in [1.82, 2.24) is 0 Å². The lowest BCUT2D eigenvalue weighted by atomic mass is 10.2. The number of diazo groups is 1. The van der Waals surface area contributed by atoms with E-state index in [1.54, 1.807) is 12.1 Å². The minimum Gasteiger partial charge on any atom is -0.489 e. The molecule has 0 atom stereocenters. The third kappa shape index (κ3) is 3.36. The van der Waals surface area contributed by atoms with Gasteiger partial charge in [-0.05, 0) is 18.2 Å². The van der Waals surface area contributed by atoms with E-state index in [1.807, 2.05) is 0 Å². The van der Waals surface area contributed by atoms with E-state index in [0.29, 0.717) is 17.1 Å². The van der Waals surface area contributed by atoms with Crippen LogP contribution in [0.4, 0.5) is 22.7 Å². The molecule has 8 nitrogen and oxygen atoms in total. The Morgan fingerprint density at radius 3 is 2.33 bits per heavy atom. The molecular weight excluding hydrogens is 274 g/mol. The van der Waals surface area contributed by atoms with Gasteiger partial charge in [0, 0.05) is 24.3 Å². The van der Waals surface area contributed by atoms with Gasteiger partial charge < -0.3 is 4.74 Å². The van der Waals surface area contributed by atoms with Crippen LogP contribution < -0.4 is 4.74 Å². The molecule has 0 aliphatic rings. The van der Waals surface area contributed by atoms with E-state index in [1.165, 1.54) is 37.4 Å². The number of non-ortho nitro benzene ring substituents is 1. The first-order chi connectivity index (χ1) is 10.1. The molecule has 0 bridgehead atoms. The fraction of sp³-hybridized carbons (Fsp3) is 0.0769. The first kappa shape index (κ1) is 14.1. The van der Waals surface area contributed by atoms with Crippen LogP contribution >= 0.6 is 0 Å². The van der Waals surface area contributed by atoms with E-state index in [2.05, 4.69) is 15.2 Å². The number of nitrogens with zero attached hydrogens (tertiary/aromatic N) is 5. The Balaban J connectivity index is 2.21. The number of azo groups is 1. The Morgan fingerprint density at radius 1 is 1.14 bits per heavy atom. The van der Waals surface area contributed by atoms with Gasteiger partial charge in [-0.25, -0.2) is 0 Å². The molecule has 0 aliphatic heterocycles. The Labute approximate surface area is 119 Å². The van der Waals surface area contributed by atoms with Crippen LogP contribution in [0.25, 0.3) is 4.98 Å². The van der Waals surface area contributed by atoms with Crippen LogP contribution in [0.5, 0.6) is 5.75 Å². The summed E-state index contributed by atoms with van der Waals surface area (Å²) in [5.41, 5.74) is 1.25. The van der Waals surface area contributed by atoms with Gasteiger partial charge in [0.2, 0.25) is 11.1 Å². The van der Waals surface area contributed by atoms with E-state index in [-0.39, 0.29) is 11.4 Å². The molecule has 0 fully saturated rings. The number of methoxy groups -OCH3 is 1. The maximum absolute atomic E-state index is 10.5. The van der Waals surface area contributed by atoms with Crippen LogP contribution in [0.3, 0.4) is 0 Å². The zero-order chi connectivity index (χ0) is 15.2. The monoisotopic (exact) mass is 284 g/mol. The Bertz CT molecular complexity index is 734. The molecule has 8 heteroatoms. The van der Waals surface area contributed by atoms with E-state index in [4.69, 9.17) is 10.1 Å². The second kappa shape index (κ2) is 6.21. The highest BCUT2D eigenvalue weighted by molar-refractivity contribution is 5.62. The number of rotatable bonds is 4. The van der Waals surface area contributed by atoms with Crippen molar-refractivity contribution < 1.29 is 9.66 Å². The molecule has 2 rings (SSSR count). The van der Waals surface area contributed by atoms with Crippen molar-refractivity contribution in [2.24, 2.45) is 10.2 Å². The van der Waals surface area contributed by atoms with E-state index in [9.17, 15) is 10.1 Å². The summed E-state index contributed by atoms with van der Waals surface area (Å²) in [7, 11) is 1.45. The summed E-state index contributed by atoms with van der Waals surface area (Å²) in [6.07, 6.45) is 0. The van der Waals surface area contributed by atoms with Crippen molar-refractivity contribution in [2.75, 3.05) is 7.11 Å². The molecule has 0 radical (unpaired) electrons. The molecule has 0 heterocycles. The second-order valence-corrected chi connectivity index (χ2v) is 3.93. The zero-order valence-electron chi connectivity index (χ0n) is 11.0. The SMILES string of the molecule is COc1cc(N=Nc2ccc([N+](=O)[O-])cc2)ccc1[N+]#N. The molecule has 2 aromatic carbocycles. The highest BCUT2D eigenvalue weighted by atomic mass is 16.6. The molecule has 0 aliphatic carbocycles. The molecule has 104 valence electrons. The Kier molecular flexibility index (Phi) is 4.16. The van der Waals surface area contributed by atoms with Gasteiger partial charge in [-0.3, -0.25) is 10.1 Å². The second-order valence-electron chi connectivity index (χ2n) is 3.93. The third-order valence-electron chi connectivity index (χ3n) is 2.61. The summed E-state index contributed by atoms with van der Waals surface area (Å²) in [4.78, 5) is 13.1. The van der Waals surface area contributed by atoms with Gasteiger partial charge in [0.05, 0.1) is 23.4 Å². The summed E-state index contributed by atoms with van der Waals surface area (Å²) in [5, 5.41) is 27.2. The first-order valence-corrected chi connectivity index (χ1v) is 5.83. The van der Waals surface area contributed by atoms with Gasteiger partial charge >= 0.3 is 5.69 Å². The summed E-state index contributed by atoms with van der Waals surface area (Å²) < 4.78 is 5.04. The topological polar surface area (TPSA) is 105 Å². The largest absolute Gasteiger partial charge is 0.489 e. The van der Waals surface area contributed by atoms with Crippen LogP contribution in [0, 0.1) is 15.5 Å². The number of benzene rings is 2. The summed E-state index contributed by atoms with van der Waals surface area (Å²) in [6.45, 7) is 0. The highest BCUT2D eigenvalue weighted by Crippen LogP contribution is 2.32. The minimum atomic E-state index is -0.483. The number of ether oxygens (including phenoxy) is 1. The summed E-state index contributed by atoms with van der Waals surface area (Å²) >= 11 is 0. The number of nitro groups is 1. The van der Waals surface area contributed by atoms with E-state index in [0.717, 1.165) is 0 Å².